The quantitative estimate of drug-likeness (QED) is 0.794. The zero-order chi connectivity index (χ0) is 13.4. The van der Waals surface area contributed by atoms with Crippen LogP contribution >= 0.6 is 0 Å². The highest BCUT2D eigenvalue weighted by Crippen LogP contribution is 2.34. The number of aliphatic hydroxyl groups excluding tert-OH is 1. The molecule has 2 atom stereocenters. The van der Waals surface area contributed by atoms with E-state index in [1.165, 1.54) is 6.92 Å². The van der Waals surface area contributed by atoms with E-state index in [0.29, 0.717) is 0 Å². The van der Waals surface area contributed by atoms with Gasteiger partial charge < -0.3 is 9.84 Å². The molecule has 0 saturated heterocycles. The number of carbonyl (C=O) groups excluding carboxylic acids is 1. The fourth-order valence-corrected chi connectivity index (χ4v) is 2.43. The summed E-state index contributed by atoms with van der Waals surface area (Å²) in [5.74, 6) is -0.407. The smallest absolute Gasteiger partial charge is 0.303 e. The summed E-state index contributed by atoms with van der Waals surface area (Å²) in [6.07, 6.45) is 3.77. The Balaban J connectivity index is 2.15. The molecule has 1 aromatic heterocycles. The predicted octanol–water partition coefficient (Wildman–Crippen LogP) is 2.23. The molecular weight excluding hydrogens is 242 g/mol. The molecule has 0 spiro atoms. The normalized spacial score (nSPS) is 21.2. The second kappa shape index (κ2) is 4.48. The number of aromatic nitrogens is 1. The highest BCUT2D eigenvalue weighted by Gasteiger charge is 2.28. The molecule has 4 heteroatoms. The summed E-state index contributed by atoms with van der Waals surface area (Å²) in [5.41, 5.74) is 2.51. The van der Waals surface area contributed by atoms with E-state index in [9.17, 15) is 9.90 Å². The minimum Gasteiger partial charge on any atom is -0.455 e. The topological polar surface area (TPSA) is 59.4 Å². The van der Waals surface area contributed by atoms with Gasteiger partial charge in [0.25, 0.3) is 0 Å². The van der Waals surface area contributed by atoms with Crippen LogP contribution in [-0.4, -0.2) is 22.2 Å². The van der Waals surface area contributed by atoms with Crippen LogP contribution in [0.2, 0.25) is 0 Å². The summed E-state index contributed by atoms with van der Waals surface area (Å²) in [6, 6.07) is 7.56. The molecule has 0 fully saturated rings. The molecule has 1 aliphatic rings. The number of hydrogen-bond acceptors (Lipinski definition) is 4. The molecule has 4 nitrogen and oxygen atoms in total. The van der Waals surface area contributed by atoms with Crippen molar-refractivity contribution in [3.63, 3.8) is 0 Å². The highest BCUT2D eigenvalue weighted by atomic mass is 16.6. The fourth-order valence-electron chi connectivity index (χ4n) is 2.43. The summed E-state index contributed by atoms with van der Waals surface area (Å²) < 4.78 is 5.11. The third kappa shape index (κ3) is 2.00. The number of carbonyl (C=O) groups is 1. The second-order valence-electron chi connectivity index (χ2n) is 4.52. The summed E-state index contributed by atoms with van der Waals surface area (Å²) >= 11 is 0. The molecule has 1 aromatic carbocycles. The lowest BCUT2D eigenvalue weighted by Crippen LogP contribution is -2.25. The number of aliphatic hydroxyl groups is 1. The monoisotopic (exact) mass is 255 g/mol. The number of fused-ring (bicyclic) bond motifs is 3. The van der Waals surface area contributed by atoms with Gasteiger partial charge in [0.05, 0.1) is 5.52 Å². The predicted molar refractivity (Wildman–Crippen MR) is 71.3 cm³/mol. The van der Waals surface area contributed by atoms with Crippen LogP contribution in [-0.2, 0) is 9.53 Å². The van der Waals surface area contributed by atoms with E-state index in [4.69, 9.17) is 4.74 Å². The molecule has 0 radical (unpaired) electrons. The third-order valence-electron chi connectivity index (χ3n) is 3.23. The van der Waals surface area contributed by atoms with Crippen LogP contribution in [0.3, 0.4) is 0 Å². The first-order chi connectivity index (χ1) is 9.16. The molecule has 0 unspecified atom stereocenters. The Bertz CT molecular complexity index is 678. The third-order valence-corrected chi connectivity index (χ3v) is 3.23. The van der Waals surface area contributed by atoms with E-state index in [1.54, 1.807) is 12.3 Å². The van der Waals surface area contributed by atoms with Crippen molar-refractivity contribution < 1.29 is 14.6 Å². The Morgan fingerprint density at radius 3 is 3.00 bits per heavy atom. The van der Waals surface area contributed by atoms with Gasteiger partial charge in [-0.3, -0.25) is 9.78 Å². The first-order valence-corrected chi connectivity index (χ1v) is 6.08. The van der Waals surface area contributed by atoms with Crippen LogP contribution < -0.4 is 0 Å². The second-order valence-corrected chi connectivity index (χ2v) is 4.52. The number of benzene rings is 1. The van der Waals surface area contributed by atoms with Crippen molar-refractivity contribution in [1.29, 1.82) is 0 Å². The number of esters is 1. The molecule has 0 saturated carbocycles. The van der Waals surface area contributed by atoms with Crippen molar-refractivity contribution in [1.82, 2.24) is 4.98 Å². The Kier molecular flexibility index (Phi) is 2.80. The standard InChI is InChI=1S/C15H13NO3/c1-9(17)19-13-7-5-10-4-6-12-11(3-2-8-16-12)14(10)15(13)18/h2-8,13,15,18H,1H3/t13-,15+/m0/s1. The summed E-state index contributed by atoms with van der Waals surface area (Å²) in [7, 11) is 0. The number of pyridine rings is 1. The summed E-state index contributed by atoms with van der Waals surface area (Å²) in [5, 5.41) is 11.3. The van der Waals surface area contributed by atoms with Crippen molar-refractivity contribution >= 4 is 22.9 Å². The van der Waals surface area contributed by atoms with Crippen LogP contribution in [0.25, 0.3) is 17.0 Å². The molecule has 0 aliphatic heterocycles. The van der Waals surface area contributed by atoms with Gasteiger partial charge in [-0.1, -0.05) is 18.2 Å². The minimum atomic E-state index is -0.864. The van der Waals surface area contributed by atoms with Crippen LogP contribution in [0.4, 0.5) is 0 Å². The first kappa shape index (κ1) is 11.9. The van der Waals surface area contributed by atoms with Gasteiger partial charge >= 0.3 is 5.97 Å². The van der Waals surface area contributed by atoms with E-state index >= 15 is 0 Å². The van der Waals surface area contributed by atoms with Crippen molar-refractivity contribution in [3.05, 3.63) is 47.7 Å². The van der Waals surface area contributed by atoms with E-state index in [1.807, 2.05) is 30.3 Å². The molecule has 19 heavy (non-hydrogen) atoms. The molecule has 1 heterocycles. The number of nitrogens with zero attached hydrogens (tertiary/aromatic N) is 1. The van der Waals surface area contributed by atoms with Gasteiger partial charge in [-0.15, -0.1) is 0 Å². The van der Waals surface area contributed by atoms with Crippen LogP contribution in [0.5, 0.6) is 0 Å². The molecule has 3 rings (SSSR count). The average Bonchev–Trinajstić information content (AvgIpc) is 2.41. The summed E-state index contributed by atoms with van der Waals surface area (Å²) in [4.78, 5) is 15.3. The van der Waals surface area contributed by atoms with Gasteiger partial charge in [0.15, 0.2) is 6.10 Å². The van der Waals surface area contributed by atoms with Crippen molar-refractivity contribution in [3.8, 4) is 0 Å². The Morgan fingerprint density at radius 1 is 1.37 bits per heavy atom. The Labute approximate surface area is 110 Å². The molecule has 1 aliphatic carbocycles. The van der Waals surface area contributed by atoms with E-state index in [2.05, 4.69) is 4.98 Å². The average molecular weight is 255 g/mol. The van der Waals surface area contributed by atoms with Gasteiger partial charge in [0.1, 0.15) is 6.10 Å². The van der Waals surface area contributed by atoms with Gasteiger partial charge in [-0.2, -0.15) is 0 Å². The number of ether oxygens (including phenoxy) is 1. The maximum absolute atomic E-state index is 11.1. The van der Waals surface area contributed by atoms with Crippen molar-refractivity contribution in [2.24, 2.45) is 0 Å². The van der Waals surface area contributed by atoms with Crippen LogP contribution in [0.15, 0.2) is 36.5 Å². The molecular formula is C15H13NO3. The molecule has 1 N–H and O–H groups in total. The lowest BCUT2D eigenvalue weighted by atomic mass is 9.89. The lowest BCUT2D eigenvalue weighted by molar-refractivity contribution is -0.149. The first-order valence-electron chi connectivity index (χ1n) is 6.08. The van der Waals surface area contributed by atoms with Crippen LogP contribution in [0.1, 0.15) is 24.2 Å². The molecule has 96 valence electrons. The van der Waals surface area contributed by atoms with Crippen LogP contribution in [0, 0.1) is 0 Å². The Morgan fingerprint density at radius 2 is 2.21 bits per heavy atom. The molecule has 2 aromatic rings. The van der Waals surface area contributed by atoms with Gasteiger partial charge in [-0.25, -0.2) is 0 Å². The lowest BCUT2D eigenvalue weighted by Gasteiger charge is -2.26. The molecule has 0 amide bonds. The Hall–Kier alpha value is -2.20. The summed E-state index contributed by atoms with van der Waals surface area (Å²) in [6.45, 7) is 1.33. The SMILES string of the molecule is CC(=O)O[C@H]1C=Cc2ccc3ncccc3c2[C@@H]1O. The highest BCUT2D eigenvalue weighted by molar-refractivity contribution is 5.87. The number of hydrogen-bond donors (Lipinski definition) is 1. The maximum Gasteiger partial charge on any atom is 0.303 e. The number of rotatable bonds is 1. The maximum atomic E-state index is 11.1. The minimum absolute atomic E-state index is 0.407. The zero-order valence-corrected chi connectivity index (χ0v) is 10.4. The van der Waals surface area contributed by atoms with Gasteiger partial charge in [0, 0.05) is 24.1 Å². The van der Waals surface area contributed by atoms with Crippen molar-refractivity contribution in [2.45, 2.75) is 19.1 Å². The zero-order valence-electron chi connectivity index (χ0n) is 10.4. The van der Waals surface area contributed by atoms with Gasteiger partial charge in [0.2, 0.25) is 0 Å². The van der Waals surface area contributed by atoms with Crippen molar-refractivity contribution in [2.75, 3.05) is 0 Å². The van der Waals surface area contributed by atoms with E-state index < -0.39 is 18.2 Å². The van der Waals surface area contributed by atoms with E-state index in [0.717, 1.165) is 22.0 Å². The van der Waals surface area contributed by atoms with Gasteiger partial charge in [-0.05, 0) is 23.8 Å². The molecule has 0 bridgehead atoms. The largest absolute Gasteiger partial charge is 0.455 e. The fraction of sp³-hybridized carbons (Fsp3) is 0.200. The van der Waals surface area contributed by atoms with E-state index in [-0.39, 0.29) is 0 Å².